The van der Waals surface area contributed by atoms with Gasteiger partial charge in [-0.25, -0.2) is 0 Å². The molecule has 0 heterocycles. The van der Waals surface area contributed by atoms with E-state index in [1.807, 2.05) is 67.6 Å². The van der Waals surface area contributed by atoms with Gasteiger partial charge in [-0.15, -0.1) is 0 Å². The summed E-state index contributed by atoms with van der Waals surface area (Å²) in [5.74, 6) is -0.262. The van der Waals surface area contributed by atoms with Gasteiger partial charge in [0.05, 0.1) is 0 Å². The van der Waals surface area contributed by atoms with E-state index >= 15 is 0 Å². The molecule has 93 valence electrons. The van der Waals surface area contributed by atoms with Gasteiger partial charge in [-0.2, -0.15) is 0 Å². The number of hydrogen-bond donors (Lipinski definition) is 0. The molecule has 0 fully saturated rings. The van der Waals surface area contributed by atoms with E-state index in [-0.39, 0.29) is 0 Å². The summed E-state index contributed by atoms with van der Waals surface area (Å²) in [5, 5.41) is 0. The molecular weight excluding hydrogens is 224 g/mol. The lowest BCUT2D eigenvalue weighted by Crippen LogP contribution is -2.33. The van der Waals surface area contributed by atoms with Gasteiger partial charge >= 0.3 is 0 Å². The van der Waals surface area contributed by atoms with E-state index in [1.165, 1.54) is 0 Å². The topological polar surface area (TPSA) is 18.5 Å². The Bertz CT molecular complexity index is 467. The lowest BCUT2D eigenvalue weighted by atomic mass is 10.1. The maximum Gasteiger partial charge on any atom is 0.237 e. The fourth-order valence-electron chi connectivity index (χ4n) is 1.78. The van der Waals surface area contributed by atoms with Gasteiger partial charge in [0.15, 0.2) is 0 Å². The minimum Gasteiger partial charge on any atom is -0.458 e. The van der Waals surface area contributed by atoms with Gasteiger partial charge in [0, 0.05) is 19.1 Å². The predicted molar refractivity (Wildman–Crippen MR) is 72.2 cm³/mol. The van der Waals surface area contributed by atoms with Gasteiger partial charge < -0.3 is 9.47 Å². The predicted octanol–water partition coefficient (Wildman–Crippen LogP) is 3.79. The summed E-state index contributed by atoms with van der Waals surface area (Å²) in [6, 6.07) is 19.3. The highest BCUT2D eigenvalue weighted by molar-refractivity contribution is 5.27. The fourth-order valence-corrected chi connectivity index (χ4v) is 1.78. The van der Waals surface area contributed by atoms with Crippen LogP contribution in [0.1, 0.15) is 12.5 Å². The molecule has 0 saturated heterocycles. The van der Waals surface area contributed by atoms with Gasteiger partial charge in [-0.3, -0.25) is 0 Å². The third-order valence-electron chi connectivity index (χ3n) is 2.62. The van der Waals surface area contributed by atoms with Crippen LogP contribution in [0.2, 0.25) is 0 Å². The molecule has 1 unspecified atom stereocenters. The Morgan fingerprint density at radius 1 is 0.944 bits per heavy atom. The molecule has 2 aromatic carbocycles. The van der Waals surface area contributed by atoms with Crippen molar-refractivity contribution in [3.63, 3.8) is 0 Å². The summed E-state index contributed by atoms with van der Waals surface area (Å²) >= 11 is 0. The molecule has 18 heavy (non-hydrogen) atoms. The Labute approximate surface area is 108 Å². The van der Waals surface area contributed by atoms with Crippen molar-refractivity contribution < 1.29 is 9.47 Å². The molecule has 0 spiro atoms. The molecule has 0 aliphatic carbocycles. The molecule has 0 bridgehead atoms. The Morgan fingerprint density at radius 2 is 1.50 bits per heavy atom. The van der Waals surface area contributed by atoms with Gasteiger partial charge in [-0.05, 0) is 19.1 Å². The highest BCUT2D eigenvalue weighted by Crippen LogP contribution is 2.28. The maximum absolute atomic E-state index is 5.90. The molecule has 2 heteroatoms. The number of ether oxygens (including phenoxy) is 2. The number of rotatable bonds is 5. The summed E-state index contributed by atoms with van der Waals surface area (Å²) in [4.78, 5) is 0. The standard InChI is InChI=1S/C16H17O2/c1-3-17-16(2,14-10-6-4-7-11-14)18-15-12-8-5-9-13-15/h4-13H,2-3H2,1H3. The quantitative estimate of drug-likeness (QED) is 0.741. The fraction of sp³-hybridized carbons (Fsp3) is 0.188. The van der Waals surface area contributed by atoms with Crippen LogP contribution in [-0.4, -0.2) is 6.61 Å². The van der Waals surface area contributed by atoms with Crippen LogP contribution in [0, 0.1) is 6.92 Å². The van der Waals surface area contributed by atoms with Crippen LogP contribution in [0.3, 0.4) is 0 Å². The molecule has 0 amide bonds. The molecule has 2 rings (SSSR count). The van der Waals surface area contributed by atoms with Crippen molar-refractivity contribution in [2.45, 2.75) is 12.7 Å². The van der Waals surface area contributed by atoms with Gasteiger partial charge in [0.2, 0.25) is 5.79 Å². The summed E-state index contributed by atoms with van der Waals surface area (Å²) in [6.07, 6.45) is 0. The molecule has 0 N–H and O–H groups in total. The largest absolute Gasteiger partial charge is 0.458 e. The van der Waals surface area contributed by atoms with E-state index in [0.717, 1.165) is 11.3 Å². The first-order chi connectivity index (χ1) is 8.74. The van der Waals surface area contributed by atoms with E-state index in [4.69, 9.17) is 9.47 Å². The zero-order valence-corrected chi connectivity index (χ0v) is 10.5. The molecule has 0 aliphatic rings. The first-order valence-corrected chi connectivity index (χ1v) is 6.03. The summed E-state index contributed by atoms with van der Waals surface area (Å²) in [5.41, 5.74) is 0.899. The van der Waals surface area contributed by atoms with Crippen molar-refractivity contribution in [2.24, 2.45) is 0 Å². The van der Waals surface area contributed by atoms with Crippen molar-refractivity contribution in [2.75, 3.05) is 6.61 Å². The summed E-state index contributed by atoms with van der Waals surface area (Å²) in [7, 11) is 0. The summed E-state index contributed by atoms with van der Waals surface area (Å²) < 4.78 is 11.6. The van der Waals surface area contributed by atoms with Crippen molar-refractivity contribution >= 4 is 0 Å². The Hall–Kier alpha value is -1.80. The van der Waals surface area contributed by atoms with Crippen LogP contribution in [0.15, 0.2) is 60.7 Å². The first-order valence-electron chi connectivity index (χ1n) is 6.03. The van der Waals surface area contributed by atoms with Crippen molar-refractivity contribution in [3.05, 3.63) is 73.2 Å². The molecule has 0 saturated carbocycles. The second-order valence-electron chi connectivity index (χ2n) is 3.97. The van der Waals surface area contributed by atoms with Crippen molar-refractivity contribution in [1.82, 2.24) is 0 Å². The van der Waals surface area contributed by atoms with Gasteiger partial charge in [-0.1, -0.05) is 48.5 Å². The van der Waals surface area contributed by atoms with Crippen LogP contribution >= 0.6 is 0 Å². The van der Waals surface area contributed by atoms with Gasteiger partial charge in [0.25, 0.3) is 0 Å². The van der Waals surface area contributed by atoms with Crippen molar-refractivity contribution in [1.29, 1.82) is 0 Å². The van der Waals surface area contributed by atoms with Crippen molar-refractivity contribution in [3.8, 4) is 5.75 Å². The third kappa shape index (κ3) is 2.90. The zero-order valence-electron chi connectivity index (χ0n) is 10.5. The molecule has 1 radical (unpaired) electrons. The van der Waals surface area contributed by atoms with E-state index in [2.05, 4.69) is 6.92 Å². The number of para-hydroxylation sites is 1. The second kappa shape index (κ2) is 5.69. The minimum atomic E-state index is -1.00. The molecule has 0 aromatic heterocycles. The lowest BCUT2D eigenvalue weighted by molar-refractivity contribution is -0.153. The molecule has 1 atom stereocenters. The average Bonchev–Trinajstić information content (AvgIpc) is 2.41. The van der Waals surface area contributed by atoms with E-state index in [1.54, 1.807) is 0 Å². The van der Waals surface area contributed by atoms with Crippen LogP contribution in [-0.2, 0) is 10.5 Å². The monoisotopic (exact) mass is 241 g/mol. The van der Waals surface area contributed by atoms with Crippen LogP contribution < -0.4 is 4.74 Å². The maximum atomic E-state index is 5.90. The van der Waals surface area contributed by atoms with Crippen LogP contribution in [0.4, 0.5) is 0 Å². The smallest absolute Gasteiger partial charge is 0.237 e. The van der Waals surface area contributed by atoms with Crippen LogP contribution in [0.25, 0.3) is 0 Å². The summed E-state index contributed by atoms with van der Waals surface area (Å²) in [6.45, 7) is 6.54. The Morgan fingerprint density at radius 3 is 2.06 bits per heavy atom. The molecule has 2 nitrogen and oxygen atoms in total. The Kier molecular flexibility index (Phi) is 4.00. The zero-order chi connectivity index (χ0) is 12.8. The highest BCUT2D eigenvalue weighted by atomic mass is 16.7. The van der Waals surface area contributed by atoms with Gasteiger partial charge in [0.1, 0.15) is 5.75 Å². The number of benzene rings is 2. The Balaban J connectivity index is 2.27. The third-order valence-corrected chi connectivity index (χ3v) is 2.62. The van der Waals surface area contributed by atoms with E-state index in [0.29, 0.717) is 6.61 Å². The molecular formula is C16H17O2. The molecule has 0 aliphatic heterocycles. The normalized spacial score (nSPS) is 13.9. The van der Waals surface area contributed by atoms with Crippen LogP contribution in [0.5, 0.6) is 5.75 Å². The molecule has 2 aromatic rings. The second-order valence-corrected chi connectivity index (χ2v) is 3.97. The first kappa shape index (κ1) is 12.7. The number of hydrogen-bond acceptors (Lipinski definition) is 2. The SMILES string of the molecule is [CH2]C(OCC)(Oc1ccccc1)c1ccccc1. The highest BCUT2D eigenvalue weighted by Gasteiger charge is 2.29. The van der Waals surface area contributed by atoms with E-state index in [9.17, 15) is 0 Å². The minimum absolute atomic E-state index is 0.533. The lowest BCUT2D eigenvalue weighted by Gasteiger charge is -2.30. The average molecular weight is 241 g/mol. The van der Waals surface area contributed by atoms with E-state index < -0.39 is 5.79 Å².